The first-order chi connectivity index (χ1) is 13.3. The molecule has 1 unspecified atom stereocenters. The smallest absolute Gasteiger partial charge is 0.337 e. The molecule has 1 atom stereocenters. The highest BCUT2D eigenvalue weighted by atomic mass is 16.5. The molecule has 0 amide bonds. The summed E-state index contributed by atoms with van der Waals surface area (Å²) < 4.78 is 5.44. The van der Waals surface area contributed by atoms with Crippen LogP contribution in [0.2, 0.25) is 0 Å². The van der Waals surface area contributed by atoms with Crippen molar-refractivity contribution in [3.8, 4) is 5.75 Å². The SMILES string of the molecule is CCCCN1C2=C(C(=O)CC(C)(C)C2)C(c2ccc(O)cc2)C2=C1COC2=O. The Morgan fingerprint density at radius 3 is 2.50 bits per heavy atom. The van der Waals surface area contributed by atoms with Crippen LogP contribution in [0.4, 0.5) is 0 Å². The molecule has 0 spiro atoms. The Morgan fingerprint density at radius 2 is 1.82 bits per heavy atom. The van der Waals surface area contributed by atoms with Crippen LogP contribution in [0.1, 0.15) is 57.9 Å². The number of carbonyl (C=O) groups excluding carboxylic acids is 2. The van der Waals surface area contributed by atoms with Gasteiger partial charge >= 0.3 is 5.97 Å². The fraction of sp³-hybridized carbons (Fsp3) is 0.478. The Morgan fingerprint density at radius 1 is 1.11 bits per heavy atom. The van der Waals surface area contributed by atoms with Crippen molar-refractivity contribution in [2.24, 2.45) is 5.41 Å². The lowest BCUT2D eigenvalue weighted by Gasteiger charge is -2.43. The maximum Gasteiger partial charge on any atom is 0.337 e. The first-order valence-electron chi connectivity index (χ1n) is 10.1. The summed E-state index contributed by atoms with van der Waals surface area (Å²) in [5, 5.41) is 9.70. The predicted molar refractivity (Wildman–Crippen MR) is 105 cm³/mol. The Kier molecular flexibility index (Phi) is 4.56. The molecular weight excluding hydrogens is 354 g/mol. The number of phenols is 1. The minimum atomic E-state index is -0.415. The largest absolute Gasteiger partial charge is 0.508 e. The highest BCUT2D eigenvalue weighted by Crippen LogP contribution is 2.51. The van der Waals surface area contributed by atoms with Crippen molar-refractivity contribution in [2.45, 2.75) is 52.4 Å². The van der Waals surface area contributed by atoms with Crippen LogP contribution in [-0.2, 0) is 14.3 Å². The standard InChI is InChI=1S/C23H27NO4/c1-4-5-10-24-16-11-23(2,3)12-18(26)20(16)19(14-6-8-15(25)9-7-14)21-17(24)13-28-22(21)27/h6-9,19,25H,4-5,10-13H2,1-3H3. The maximum atomic E-state index is 13.3. The van der Waals surface area contributed by atoms with Crippen LogP contribution in [0.5, 0.6) is 5.75 Å². The first-order valence-corrected chi connectivity index (χ1v) is 10.1. The molecule has 2 heterocycles. The highest BCUT2D eigenvalue weighted by Gasteiger charge is 2.48. The Hall–Kier alpha value is -2.56. The van der Waals surface area contributed by atoms with Crippen molar-refractivity contribution >= 4 is 11.8 Å². The summed E-state index contributed by atoms with van der Waals surface area (Å²) in [5.74, 6) is -0.476. The van der Waals surface area contributed by atoms with Crippen molar-refractivity contribution in [1.82, 2.24) is 4.90 Å². The van der Waals surface area contributed by atoms with E-state index in [1.54, 1.807) is 24.3 Å². The number of hydrogen-bond acceptors (Lipinski definition) is 5. The van der Waals surface area contributed by atoms with Gasteiger partial charge in [0.05, 0.1) is 11.3 Å². The van der Waals surface area contributed by atoms with Crippen molar-refractivity contribution in [1.29, 1.82) is 0 Å². The molecule has 4 rings (SSSR count). The van der Waals surface area contributed by atoms with Crippen LogP contribution in [0, 0.1) is 5.41 Å². The number of rotatable bonds is 4. The summed E-state index contributed by atoms with van der Waals surface area (Å²) in [6.07, 6.45) is 3.30. The number of benzene rings is 1. The summed E-state index contributed by atoms with van der Waals surface area (Å²) >= 11 is 0. The molecule has 0 fully saturated rings. The van der Waals surface area contributed by atoms with E-state index >= 15 is 0 Å². The minimum absolute atomic E-state index is 0.108. The van der Waals surface area contributed by atoms with Gasteiger partial charge in [-0.15, -0.1) is 0 Å². The van der Waals surface area contributed by atoms with Crippen LogP contribution in [0.15, 0.2) is 46.8 Å². The molecule has 2 aliphatic heterocycles. The van der Waals surface area contributed by atoms with E-state index in [1.807, 2.05) is 0 Å². The maximum absolute atomic E-state index is 13.3. The molecule has 5 heteroatoms. The summed E-state index contributed by atoms with van der Waals surface area (Å²) in [5.41, 5.74) is 4.01. The number of allylic oxidation sites excluding steroid dienone is 2. The van der Waals surface area contributed by atoms with Crippen molar-refractivity contribution in [3.63, 3.8) is 0 Å². The van der Waals surface area contributed by atoms with Gasteiger partial charge < -0.3 is 14.7 Å². The molecule has 1 aliphatic carbocycles. The number of phenolic OH excluding ortho intramolecular Hbond substituents is 1. The monoisotopic (exact) mass is 381 g/mol. The number of Topliss-reactive ketones (excluding diaryl/α,β-unsaturated/α-hetero) is 1. The van der Waals surface area contributed by atoms with E-state index in [-0.39, 0.29) is 29.5 Å². The van der Waals surface area contributed by atoms with Gasteiger partial charge in [-0.2, -0.15) is 0 Å². The van der Waals surface area contributed by atoms with Gasteiger partial charge in [-0.05, 0) is 36.0 Å². The van der Waals surface area contributed by atoms with Crippen molar-refractivity contribution in [2.75, 3.05) is 13.2 Å². The molecule has 5 nitrogen and oxygen atoms in total. The Bertz CT molecular complexity index is 892. The average Bonchev–Trinajstić information content (AvgIpc) is 3.01. The summed E-state index contributed by atoms with van der Waals surface area (Å²) in [6.45, 7) is 7.44. The molecule has 148 valence electrons. The molecule has 1 aromatic carbocycles. The number of ether oxygens (including phenoxy) is 1. The molecule has 0 aromatic heterocycles. The second kappa shape index (κ2) is 6.80. The molecule has 3 aliphatic rings. The normalized spacial score (nSPS) is 23.7. The summed E-state index contributed by atoms with van der Waals surface area (Å²) in [4.78, 5) is 28.2. The van der Waals surface area contributed by atoms with E-state index < -0.39 is 5.92 Å². The zero-order valence-corrected chi connectivity index (χ0v) is 16.7. The van der Waals surface area contributed by atoms with E-state index in [0.717, 1.165) is 48.3 Å². The number of cyclic esters (lactones) is 1. The van der Waals surface area contributed by atoms with E-state index in [0.29, 0.717) is 12.0 Å². The lowest BCUT2D eigenvalue weighted by molar-refractivity contribution is -0.136. The van der Waals surface area contributed by atoms with Gasteiger partial charge in [0.2, 0.25) is 0 Å². The topological polar surface area (TPSA) is 66.8 Å². The Balaban J connectivity index is 1.91. The second-order valence-corrected chi connectivity index (χ2v) is 8.77. The summed E-state index contributed by atoms with van der Waals surface area (Å²) in [6, 6.07) is 6.82. The zero-order chi connectivity index (χ0) is 20.1. The predicted octanol–water partition coefficient (Wildman–Crippen LogP) is 4.05. The molecule has 28 heavy (non-hydrogen) atoms. The fourth-order valence-electron chi connectivity index (χ4n) is 4.68. The quantitative estimate of drug-likeness (QED) is 0.797. The average molecular weight is 381 g/mol. The van der Waals surface area contributed by atoms with Gasteiger partial charge in [-0.1, -0.05) is 39.3 Å². The van der Waals surface area contributed by atoms with Gasteiger partial charge in [-0.3, -0.25) is 4.79 Å². The van der Waals surface area contributed by atoms with Crippen LogP contribution in [0.25, 0.3) is 0 Å². The first kappa shape index (κ1) is 18.8. The highest BCUT2D eigenvalue weighted by molar-refractivity contribution is 6.05. The third kappa shape index (κ3) is 3.03. The zero-order valence-electron chi connectivity index (χ0n) is 16.7. The number of aromatic hydroxyl groups is 1. The van der Waals surface area contributed by atoms with E-state index in [4.69, 9.17) is 4.74 Å². The molecule has 0 saturated carbocycles. The van der Waals surface area contributed by atoms with E-state index in [9.17, 15) is 14.7 Å². The van der Waals surface area contributed by atoms with Gasteiger partial charge in [-0.25, -0.2) is 4.79 Å². The fourth-order valence-corrected chi connectivity index (χ4v) is 4.68. The van der Waals surface area contributed by atoms with Gasteiger partial charge in [0.15, 0.2) is 5.78 Å². The second-order valence-electron chi connectivity index (χ2n) is 8.77. The van der Waals surface area contributed by atoms with Gasteiger partial charge in [0.1, 0.15) is 12.4 Å². The number of hydrogen-bond donors (Lipinski definition) is 1. The third-order valence-corrected chi connectivity index (χ3v) is 5.96. The summed E-state index contributed by atoms with van der Waals surface area (Å²) in [7, 11) is 0. The molecule has 1 aromatic rings. The lowest BCUT2D eigenvalue weighted by Crippen LogP contribution is -2.40. The number of nitrogens with zero attached hydrogens (tertiary/aromatic N) is 1. The number of ketones is 1. The molecule has 0 radical (unpaired) electrons. The van der Waals surface area contributed by atoms with Crippen LogP contribution < -0.4 is 0 Å². The van der Waals surface area contributed by atoms with Crippen LogP contribution in [0.3, 0.4) is 0 Å². The minimum Gasteiger partial charge on any atom is -0.508 e. The number of esters is 1. The van der Waals surface area contributed by atoms with E-state index in [1.165, 1.54) is 0 Å². The molecule has 1 N–H and O–H groups in total. The van der Waals surface area contributed by atoms with Crippen molar-refractivity contribution < 1.29 is 19.4 Å². The molecule has 0 bridgehead atoms. The van der Waals surface area contributed by atoms with Crippen molar-refractivity contribution in [3.05, 3.63) is 52.4 Å². The molecular formula is C23H27NO4. The van der Waals surface area contributed by atoms with Crippen LogP contribution >= 0.6 is 0 Å². The molecule has 0 saturated heterocycles. The number of unbranched alkanes of at least 4 members (excludes halogenated alkanes) is 1. The van der Waals surface area contributed by atoms with Gasteiger partial charge in [0.25, 0.3) is 0 Å². The third-order valence-electron chi connectivity index (χ3n) is 5.96. The lowest BCUT2D eigenvalue weighted by atomic mass is 9.68. The van der Waals surface area contributed by atoms with E-state index in [2.05, 4.69) is 25.7 Å². The van der Waals surface area contributed by atoms with Gasteiger partial charge in [0, 0.05) is 30.2 Å². The Labute approximate surface area is 165 Å². The number of carbonyl (C=O) groups is 2. The van der Waals surface area contributed by atoms with Crippen LogP contribution in [-0.4, -0.2) is 34.9 Å².